The molecule has 1 aromatic carbocycles. The Hall–Kier alpha value is -1.91. The Morgan fingerprint density at radius 2 is 2.07 bits per heavy atom. The second-order valence-corrected chi connectivity index (χ2v) is 11.4. The number of thioether (sulfide) groups is 1. The number of aryl methyl sites for hydroxylation is 1. The van der Waals surface area contributed by atoms with Gasteiger partial charge >= 0.3 is 0 Å². The number of nitrogens with one attached hydrogen (secondary N) is 1. The van der Waals surface area contributed by atoms with Crippen LogP contribution in [-0.2, 0) is 29.1 Å². The van der Waals surface area contributed by atoms with Crippen LogP contribution in [0, 0.1) is 12.8 Å². The summed E-state index contributed by atoms with van der Waals surface area (Å²) in [6.07, 6.45) is 1.37. The topological polar surface area (TPSA) is 89.8 Å². The van der Waals surface area contributed by atoms with Crippen LogP contribution in [0.3, 0.4) is 0 Å². The van der Waals surface area contributed by atoms with Gasteiger partial charge in [0.25, 0.3) is 0 Å². The summed E-state index contributed by atoms with van der Waals surface area (Å²) in [6, 6.07) is 8.22. The van der Waals surface area contributed by atoms with Crippen molar-refractivity contribution in [3.8, 4) is 0 Å². The zero-order chi connectivity index (χ0) is 20.4. The zero-order valence-electron chi connectivity index (χ0n) is 16.3. The fraction of sp³-hybridized carbons (Fsp3) is 0.421. The monoisotopic (exact) mass is 449 g/mol. The van der Waals surface area contributed by atoms with Gasteiger partial charge in [-0.1, -0.05) is 29.5 Å². The molecule has 4 rings (SSSR count). The van der Waals surface area contributed by atoms with E-state index < -0.39 is 9.84 Å². The first kappa shape index (κ1) is 20.4. The van der Waals surface area contributed by atoms with Gasteiger partial charge in [-0.05, 0) is 31.4 Å². The highest BCUT2D eigenvalue weighted by Crippen LogP contribution is 2.27. The Kier molecular flexibility index (Phi) is 5.93. The molecular weight excluding hydrogens is 426 g/mol. The molecule has 2 aromatic heterocycles. The van der Waals surface area contributed by atoms with Crippen molar-refractivity contribution >= 4 is 43.8 Å². The van der Waals surface area contributed by atoms with Crippen LogP contribution in [-0.4, -0.2) is 39.7 Å². The summed E-state index contributed by atoms with van der Waals surface area (Å²) in [5, 5.41) is 15.6. The van der Waals surface area contributed by atoms with Crippen molar-refractivity contribution in [2.75, 3.05) is 16.8 Å². The fourth-order valence-electron chi connectivity index (χ4n) is 3.27. The highest BCUT2D eigenvalue weighted by atomic mass is 32.2. The molecule has 1 aliphatic heterocycles. The maximum absolute atomic E-state index is 11.7. The molecule has 1 saturated heterocycles. The number of anilines is 2. The molecule has 0 bridgehead atoms. The molecule has 1 fully saturated rings. The molecule has 1 aliphatic rings. The predicted molar refractivity (Wildman–Crippen MR) is 118 cm³/mol. The summed E-state index contributed by atoms with van der Waals surface area (Å²) in [5.74, 6) is 2.25. The van der Waals surface area contributed by atoms with Gasteiger partial charge in [0.2, 0.25) is 0 Å². The van der Waals surface area contributed by atoms with Crippen molar-refractivity contribution in [3.63, 3.8) is 0 Å². The Labute approximate surface area is 178 Å². The summed E-state index contributed by atoms with van der Waals surface area (Å²) in [4.78, 5) is 4.64. The molecule has 29 heavy (non-hydrogen) atoms. The second-order valence-electron chi connectivity index (χ2n) is 7.35. The number of benzene rings is 1. The molecule has 0 saturated carbocycles. The van der Waals surface area contributed by atoms with Crippen molar-refractivity contribution < 1.29 is 8.42 Å². The Balaban J connectivity index is 1.33. The lowest BCUT2D eigenvalue weighted by Gasteiger charge is -2.07. The summed E-state index contributed by atoms with van der Waals surface area (Å²) in [7, 11) is -0.929. The van der Waals surface area contributed by atoms with Crippen LogP contribution < -0.4 is 5.32 Å². The van der Waals surface area contributed by atoms with E-state index in [1.807, 2.05) is 29.1 Å². The zero-order valence-corrected chi connectivity index (χ0v) is 18.8. The van der Waals surface area contributed by atoms with Crippen molar-refractivity contribution in [1.82, 2.24) is 19.7 Å². The molecule has 7 nitrogen and oxygen atoms in total. The third-order valence-electron chi connectivity index (χ3n) is 4.93. The molecule has 0 amide bonds. The van der Waals surface area contributed by atoms with Gasteiger partial charge in [0.05, 0.1) is 17.2 Å². The quantitative estimate of drug-likeness (QED) is 0.551. The minimum Gasteiger partial charge on any atom is -0.332 e. The van der Waals surface area contributed by atoms with E-state index in [2.05, 4.69) is 39.6 Å². The molecule has 154 valence electrons. The molecule has 1 N–H and O–H groups in total. The van der Waals surface area contributed by atoms with E-state index in [0.717, 1.165) is 27.5 Å². The third kappa shape index (κ3) is 5.18. The van der Waals surface area contributed by atoms with E-state index in [1.54, 1.807) is 23.1 Å². The first-order valence-corrected chi connectivity index (χ1v) is 13.1. The van der Waals surface area contributed by atoms with Gasteiger partial charge < -0.3 is 9.88 Å². The van der Waals surface area contributed by atoms with Crippen molar-refractivity contribution in [3.05, 3.63) is 46.7 Å². The highest BCUT2D eigenvalue weighted by molar-refractivity contribution is 7.98. The van der Waals surface area contributed by atoms with Crippen molar-refractivity contribution in [2.24, 2.45) is 13.0 Å². The largest absolute Gasteiger partial charge is 0.332 e. The lowest BCUT2D eigenvalue weighted by molar-refractivity contribution is 0.552. The summed E-state index contributed by atoms with van der Waals surface area (Å²) in [6.45, 7) is 2.07. The van der Waals surface area contributed by atoms with Gasteiger partial charge in [0.1, 0.15) is 5.82 Å². The second kappa shape index (κ2) is 8.45. The molecule has 0 aliphatic carbocycles. The van der Waals surface area contributed by atoms with E-state index >= 15 is 0 Å². The first-order valence-electron chi connectivity index (χ1n) is 9.37. The minimum atomic E-state index is -2.87. The van der Waals surface area contributed by atoms with Crippen LogP contribution >= 0.6 is 23.1 Å². The molecule has 3 aromatic rings. The number of hydrogen-bond acceptors (Lipinski definition) is 8. The van der Waals surface area contributed by atoms with Gasteiger partial charge in [-0.15, -0.1) is 21.5 Å². The summed E-state index contributed by atoms with van der Waals surface area (Å²) >= 11 is 3.17. The van der Waals surface area contributed by atoms with Crippen LogP contribution in [0.2, 0.25) is 0 Å². The van der Waals surface area contributed by atoms with Crippen molar-refractivity contribution in [1.29, 1.82) is 0 Å². The third-order valence-corrected chi connectivity index (χ3v) is 8.62. The number of rotatable bonds is 7. The van der Waals surface area contributed by atoms with Gasteiger partial charge in [-0.25, -0.2) is 13.4 Å². The highest BCUT2D eigenvalue weighted by Gasteiger charge is 2.29. The number of aromatic nitrogens is 4. The molecule has 1 atom stereocenters. The molecule has 1 unspecified atom stereocenters. The number of hydrogen-bond donors (Lipinski definition) is 1. The maximum Gasteiger partial charge on any atom is 0.191 e. The SMILES string of the molecule is Cc1ccc(Nc2nc(CSc3nnc(CC4CCS(=O)(=O)C4)n3C)cs2)cc1. The van der Waals surface area contributed by atoms with E-state index in [9.17, 15) is 8.42 Å². The van der Waals surface area contributed by atoms with Gasteiger partial charge in [0, 0.05) is 30.3 Å². The number of thiazole rings is 1. The normalized spacial score (nSPS) is 18.2. The first-order chi connectivity index (χ1) is 13.9. The number of nitrogens with zero attached hydrogens (tertiary/aromatic N) is 4. The predicted octanol–water partition coefficient (Wildman–Crippen LogP) is 3.59. The van der Waals surface area contributed by atoms with Crippen molar-refractivity contribution in [2.45, 2.75) is 30.7 Å². The Morgan fingerprint density at radius 1 is 1.28 bits per heavy atom. The summed E-state index contributed by atoms with van der Waals surface area (Å²) < 4.78 is 25.3. The fourth-order valence-corrected chi connectivity index (χ4v) is 6.79. The minimum absolute atomic E-state index is 0.148. The smallest absolute Gasteiger partial charge is 0.191 e. The molecular formula is C19H23N5O2S3. The van der Waals surface area contributed by atoms with E-state index in [4.69, 9.17) is 0 Å². The van der Waals surface area contributed by atoms with Crippen LogP contribution in [0.5, 0.6) is 0 Å². The van der Waals surface area contributed by atoms with Gasteiger partial charge in [-0.2, -0.15) is 0 Å². The van der Waals surface area contributed by atoms with Gasteiger partial charge in [-0.3, -0.25) is 0 Å². The molecule has 0 radical (unpaired) electrons. The standard InChI is InChI=1S/C19H23N5O2S3/c1-13-3-5-15(6-4-13)20-18-21-16(10-27-18)11-28-19-23-22-17(24(19)2)9-14-7-8-29(25,26)12-14/h3-6,10,14H,7-9,11-12H2,1-2H3,(H,20,21). The molecule has 0 spiro atoms. The number of sulfone groups is 1. The van der Waals surface area contributed by atoms with E-state index in [0.29, 0.717) is 24.3 Å². The lowest BCUT2D eigenvalue weighted by atomic mass is 10.1. The van der Waals surface area contributed by atoms with Crippen LogP contribution in [0.1, 0.15) is 23.5 Å². The molecule has 10 heteroatoms. The average molecular weight is 450 g/mol. The summed E-state index contributed by atoms with van der Waals surface area (Å²) in [5.41, 5.74) is 3.24. The maximum atomic E-state index is 11.7. The van der Waals surface area contributed by atoms with Crippen LogP contribution in [0.4, 0.5) is 10.8 Å². The average Bonchev–Trinajstić information content (AvgIpc) is 3.36. The van der Waals surface area contributed by atoms with E-state index in [-0.39, 0.29) is 11.7 Å². The van der Waals surface area contributed by atoms with Crippen LogP contribution in [0.25, 0.3) is 0 Å². The lowest BCUT2D eigenvalue weighted by Crippen LogP contribution is -2.11. The van der Waals surface area contributed by atoms with Crippen LogP contribution in [0.15, 0.2) is 34.8 Å². The van der Waals surface area contributed by atoms with Gasteiger partial charge in [0.15, 0.2) is 20.1 Å². The van der Waals surface area contributed by atoms with E-state index in [1.165, 1.54) is 5.56 Å². The Bertz CT molecular complexity index is 1090. The Morgan fingerprint density at radius 3 is 2.79 bits per heavy atom. The molecule has 3 heterocycles.